The fourth-order valence-electron chi connectivity index (χ4n) is 0.843. The van der Waals surface area contributed by atoms with Crippen molar-refractivity contribution in [2.24, 2.45) is 0 Å². The van der Waals surface area contributed by atoms with Crippen LogP contribution in [0.3, 0.4) is 0 Å². The van der Waals surface area contributed by atoms with Crippen LogP contribution in [-0.2, 0) is 0 Å². The molecule has 0 bridgehead atoms. The van der Waals surface area contributed by atoms with E-state index >= 15 is 0 Å². The van der Waals surface area contributed by atoms with E-state index in [1.807, 2.05) is 13.2 Å². The molecule has 1 aromatic heterocycles. The fourth-order valence-corrected chi connectivity index (χ4v) is 1.43. The number of rotatable bonds is 1. The standard InChI is InChI=1S/C8H8N2S/c1-6-7(5-9)3-4-10-8(6)11-2/h3-4H,1-2H3. The fraction of sp³-hybridized carbons (Fsp3) is 0.250. The molecule has 0 saturated carbocycles. The Hall–Kier alpha value is -1.01. The highest BCUT2D eigenvalue weighted by Crippen LogP contribution is 2.18. The maximum absolute atomic E-state index is 8.65. The largest absolute Gasteiger partial charge is 0.250 e. The average molecular weight is 164 g/mol. The first kappa shape index (κ1) is 8.09. The first-order valence-electron chi connectivity index (χ1n) is 3.19. The molecular formula is C8H8N2S. The summed E-state index contributed by atoms with van der Waals surface area (Å²) in [5.74, 6) is 0. The Morgan fingerprint density at radius 3 is 2.91 bits per heavy atom. The van der Waals surface area contributed by atoms with Crippen molar-refractivity contribution < 1.29 is 0 Å². The summed E-state index contributed by atoms with van der Waals surface area (Å²) in [7, 11) is 0. The highest BCUT2D eigenvalue weighted by atomic mass is 32.2. The van der Waals surface area contributed by atoms with Gasteiger partial charge >= 0.3 is 0 Å². The third kappa shape index (κ3) is 1.52. The van der Waals surface area contributed by atoms with Gasteiger partial charge in [0.05, 0.1) is 16.7 Å². The quantitative estimate of drug-likeness (QED) is 0.595. The Labute approximate surface area is 70.3 Å². The second-order valence-corrected chi connectivity index (χ2v) is 2.90. The van der Waals surface area contributed by atoms with E-state index < -0.39 is 0 Å². The molecule has 3 heteroatoms. The minimum absolute atomic E-state index is 0.712. The molecule has 0 aliphatic carbocycles. The summed E-state index contributed by atoms with van der Waals surface area (Å²) in [6.07, 6.45) is 3.62. The van der Waals surface area contributed by atoms with Crippen LogP contribution in [0.1, 0.15) is 11.1 Å². The van der Waals surface area contributed by atoms with Crippen LogP contribution in [0.4, 0.5) is 0 Å². The predicted molar refractivity (Wildman–Crippen MR) is 45.5 cm³/mol. The molecule has 0 unspecified atom stereocenters. The molecule has 0 fully saturated rings. The van der Waals surface area contributed by atoms with E-state index in [2.05, 4.69) is 11.1 Å². The van der Waals surface area contributed by atoms with Gasteiger partial charge in [-0.05, 0) is 24.8 Å². The Morgan fingerprint density at radius 2 is 2.36 bits per heavy atom. The van der Waals surface area contributed by atoms with E-state index in [1.54, 1.807) is 24.0 Å². The molecule has 0 aromatic carbocycles. The van der Waals surface area contributed by atoms with Crippen LogP contribution in [0.25, 0.3) is 0 Å². The van der Waals surface area contributed by atoms with Crippen molar-refractivity contribution in [1.82, 2.24) is 4.98 Å². The lowest BCUT2D eigenvalue weighted by Gasteiger charge is -2.00. The predicted octanol–water partition coefficient (Wildman–Crippen LogP) is 1.98. The van der Waals surface area contributed by atoms with Crippen LogP contribution >= 0.6 is 11.8 Å². The molecule has 2 nitrogen and oxygen atoms in total. The maximum Gasteiger partial charge on any atom is 0.0999 e. The van der Waals surface area contributed by atoms with Gasteiger partial charge < -0.3 is 0 Å². The zero-order valence-electron chi connectivity index (χ0n) is 6.46. The van der Waals surface area contributed by atoms with Crippen molar-refractivity contribution in [3.63, 3.8) is 0 Å². The number of thioether (sulfide) groups is 1. The summed E-state index contributed by atoms with van der Waals surface area (Å²) < 4.78 is 0. The summed E-state index contributed by atoms with van der Waals surface area (Å²) in [4.78, 5) is 4.12. The molecule has 1 heterocycles. The number of aromatic nitrogens is 1. The van der Waals surface area contributed by atoms with Gasteiger partial charge in [0.15, 0.2) is 0 Å². The van der Waals surface area contributed by atoms with Crippen LogP contribution in [0.2, 0.25) is 0 Å². The summed E-state index contributed by atoms with van der Waals surface area (Å²) in [5, 5.41) is 9.59. The minimum Gasteiger partial charge on any atom is -0.250 e. The highest BCUT2D eigenvalue weighted by molar-refractivity contribution is 7.98. The Balaban J connectivity index is 3.23. The third-order valence-corrected chi connectivity index (χ3v) is 2.27. The first-order valence-corrected chi connectivity index (χ1v) is 4.41. The summed E-state index contributed by atoms with van der Waals surface area (Å²) in [6, 6.07) is 3.85. The van der Waals surface area contributed by atoms with Crippen LogP contribution in [0.5, 0.6) is 0 Å². The SMILES string of the molecule is CSc1nccc(C#N)c1C. The summed E-state index contributed by atoms with van der Waals surface area (Å²) in [5.41, 5.74) is 1.69. The highest BCUT2D eigenvalue weighted by Gasteiger charge is 2.01. The van der Waals surface area contributed by atoms with Crippen molar-refractivity contribution in [3.05, 3.63) is 23.4 Å². The number of nitriles is 1. The number of pyridine rings is 1. The second-order valence-electron chi connectivity index (χ2n) is 2.10. The van der Waals surface area contributed by atoms with E-state index in [1.165, 1.54) is 0 Å². The summed E-state index contributed by atoms with van der Waals surface area (Å²) in [6.45, 7) is 1.91. The molecule has 1 rings (SSSR count). The first-order chi connectivity index (χ1) is 5.29. The van der Waals surface area contributed by atoms with E-state index in [-0.39, 0.29) is 0 Å². The molecule has 0 radical (unpaired) electrons. The van der Waals surface area contributed by atoms with Gasteiger partial charge in [-0.3, -0.25) is 0 Å². The number of nitrogens with zero attached hydrogens (tertiary/aromatic N) is 2. The molecule has 0 amide bonds. The molecular weight excluding hydrogens is 156 g/mol. The number of hydrogen-bond acceptors (Lipinski definition) is 3. The van der Waals surface area contributed by atoms with Crippen LogP contribution < -0.4 is 0 Å². The molecule has 0 spiro atoms. The Bertz CT molecular complexity index is 301. The normalized spacial score (nSPS) is 9.18. The maximum atomic E-state index is 8.65. The third-order valence-electron chi connectivity index (χ3n) is 1.47. The van der Waals surface area contributed by atoms with Crippen molar-refractivity contribution in [3.8, 4) is 6.07 Å². The Morgan fingerprint density at radius 1 is 1.64 bits per heavy atom. The second kappa shape index (κ2) is 3.40. The molecule has 1 aromatic rings. The lowest BCUT2D eigenvalue weighted by Crippen LogP contribution is -1.88. The minimum atomic E-state index is 0.712. The summed E-state index contributed by atoms with van der Waals surface area (Å²) >= 11 is 1.56. The van der Waals surface area contributed by atoms with Gasteiger partial charge in [0.1, 0.15) is 0 Å². The lowest BCUT2D eigenvalue weighted by molar-refractivity contribution is 1.07. The molecule has 56 valence electrons. The molecule has 0 saturated heterocycles. The zero-order valence-corrected chi connectivity index (χ0v) is 7.27. The van der Waals surface area contributed by atoms with Crippen molar-refractivity contribution in [2.45, 2.75) is 11.9 Å². The van der Waals surface area contributed by atoms with Gasteiger partial charge in [-0.2, -0.15) is 5.26 Å². The van der Waals surface area contributed by atoms with Crippen LogP contribution in [0, 0.1) is 18.3 Å². The van der Waals surface area contributed by atoms with E-state index in [9.17, 15) is 0 Å². The van der Waals surface area contributed by atoms with Gasteiger partial charge in [-0.15, -0.1) is 11.8 Å². The molecule has 0 aliphatic heterocycles. The molecule has 11 heavy (non-hydrogen) atoms. The molecule has 0 atom stereocenters. The van der Waals surface area contributed by atoms with Crippen LogP contribution in [0.15, 0.2) is 17.3 Å². The van der Waals surface area contributed by atoms with E-state index in [4.69, 9.17) is 5.26 Å². The van der Waals surface area contributed by atoms with Crippen molar-refractivity contribution in [1.29, 1.82) is 5.26 Å². The van der Waals surface area contributed by atoms with Gasteiger partial charge in [-0.1, -0.05) is 0 Å². The molecule has 0 aliphatic rings. The monoisotopic (exact) mass is 164 g/mol. The zero-order chi connectivity index (χ0) is 8.27. The van der Waals surface area contributed by atoms with Crippen molar-refractivity contribution in [2.75, 3.05) is 6.26 Å². The average Bonchev–Trinajstić information content (AvgIpc) is 2.05. The topological polar surface area (TPSA) is 36.7 Å². The van der Waals surface area contributed by atoms with Gasteiger partial charge in [0, 0.05) is 6.20 Å². The smallest absolute Gasteiger partial charge is 0.0999 e. The Kier molecular flexibility index (Phi) is 2.50. The van der Waals surface area contributed by atoms with E-state index in [0.717, 1.165) is 10.6 Å². The lowest BCUT2D eigenvalue weighted by atomic mass is 10.2. The van der Waals surface area contributed by atoms with Gasteiger partial charge in [0.25, 0.3) is 0 Å². The van der Waals surface area contributed by atoms with Gasteiger partial charge in [-0.25, -0.2) is 4.98 Å². The van der Waals surface area contributed by atoms with Gasteiger partial charge in [0.2, 0.25) is 0 Å². The number of hydrogen-bond donors (Lipinski definition) is 0. The van der Waals surface area contributed by atoms with Crippen molar-refractivity contribution >= 4 is 11.8 Å². The molecule has 0 N–H and O–H groups in total. The van der Waals surface area contributed by atoms with Crippen LogP contribution in [-0.4, -0.2) is 11.2 Å². The van der Waals surface area contributed by atoms with E-state index in [0.29, 0.717) is 5.56 Å².